The van der Waals surface area contributed by atoms with Crippen molar-refractivity contribution in [1.82, 2.24) is 14.9 Å². The van der Waals surface area contributed by atoms with Gasteiger partial charge in [0.25, 0.3) is 5.91 Å². The number of aromatic nitrogens is 2. The van der Waals surface area contributed by atoms with E-state index in [0.29, 0.717) is 10.6 Å². The molecule has 2 aromatic heterocycles. The molecule has 174 valence electrons. The van der Waals surface area contributed by atoms with E-state index in [2.05, 4.69) is 9.97 Å². The molecule has 6 nitrogen and oxygen atoms in total. The van der Waals surface area contributed by atoms with Crippen molar-refractivity contribution >= 4 is 23.0 Å². The second kappa shape index (κ2) is 9.27. The zero-order chi connectivity index (χ0) is 24.5. The third-order valence-corrected chi connectivity index (χ3v) is 7.24. The molecule has 0 spiro atoms. The highest BCUT2D eigenvalue weighted by Gasteiger charge is 2.44. The van der Waals surface area contributed by atoms with E-state index >= 15 is 0 Å². The maximum absolute atomic E-state index is 13.9. The summed E-state index contributed by atoms with van der Waals surface area (Å²) in [6, 6.07) is 20.2. The van der Waals surface area contributed by atoms with Crippen molar-refractivity contribution in [2.45, 2.75) is 26.4 Å². The lowest BCUT2D eigenvalue weighted by Gasteiger charge is -2.27. The Labute approximate surface area is 207 Å². The van der Waals surface area contributed by atoms with Crippen molar-refractivity contribution in [3.05, 3.63) is 118 Å². The molecule has 1 amide bonds. The Bertz CT molecular complexity index is 1440. The minimum atomic E-state index is -0.718. The Morgan fingerprint density at radius 3 is 2.49 bits per heavy atom. The lowest BCUT2D eigenvalue weighted by Crippen LogP contribution is -2.30. The number of aliphatic hydroxyl groups excluding tert-OH is 1. The normalized spacial score (nSPS) is 15.7. The molecule has 0 radical (unpaired) electrons. The van der Waals surface area contributed by atoms with E-state index in [1.165, 1.54) is 11.3 Å². The van der Waals surface area contributed by atoms with Gasteiger partial charge in [-0.3, -0.25) is 14.6 Å². The van der Waals surface area contributed by atoms with Crippen LogP contribution in [0.25, 0.3) is 10.6 Å². The lowest BCUT2D eigenvalue weighted by molar-refractivity contribution is -0.130. The van der Waals surface area contributed by atoms with Crippen LogP contribution in [0.15, 0.2) is 90.5 Å². The predicted octanol–water partition coefficient (Wildman–Crippen LogP) is 5.60. The van der Waals surface area contributed by atoms with Crippen LogP contribution >= 0.6 is 11.3 Å². The summed E-state index contributed by atoms with van der Waals surface area (Å²) < 4.78 is 0. The minimum Gasteiger partial charge on any atom is -0.503 e. The average molecular weight is 482 g/mol. The van der Waals surface area contributed by atoms with Gasteiger partial charge in [-0.05, 0) is 37.1 Å². The number of amides is 1. The van der Waals surface area contributed by atoms with Crippen LogP contribution in [0, 0.1) is 13.8 Å². The number of nitrogens with zero attached hydrogens (tertiary/aromatic N) is 3. The summed E-state index contributed by atoms with van der Waals surface area (Å²) in [6.07, 6.45) is 3.31. The fourth-order valence-corrected chi connectivity index (χ4v) is 5.38. The number of carbonyl (C=O) groups is 2. The summed E-state index contributed by atoms with van der Waals surface area (Å²) in [4.78, 5) is 37.8. The molecule has 35 heavy (non-hydrogen) atoms. The van der Waals surface area contributed by atoms with Crippen LogP contribution in [0.2, 0.25) is 0 Å². The number of benzene rings is 2. The molecule has 0 fully saturated rings. The molecular formula is C28H23N3O3S. The fourth-order valence-electron chi connectivity index (χ4n) is 4.35. The largest absolute Gasteiger partial charge is 0.503 e. The van der Waals surface area contributed by atoms with E-state index in [9.17, 15) is 14.7 Å². The van der Waals surface area contributed by atoms with Crippen LogP contribution in [-0.2, 0) is 11.3 Å². The van der Waals surface area contributed by atoms with Crippen molar-refractivity contribution in [2.24, 2.45) is 0 Å². The van der Waals surface area contributed by atoms with Gasteiger partial charge in [0.2, 0.25) is 5.78 Å². The minimum absolute atomic E-state index is 0.0843. The van der Waals surface area contributed by atoms with Gasteiger partial charge in [0.05, 0.1) is 22.2 Å². The highest BCUT2D eigenvalue weighted by atomic mass is 32.1. The molecule has 1 atom stereocenters. The van der Waals surface area contributed by atoms with Gasteiger partial charge in [-0.25, -0.2) is 4.98 Å². The van der Waals surface area contributed by atoms with Gasteiger partial charge in [0, 0.05) is 24.5 Å². The van der Waals surface area contributed by atoms with Gasteiger partial charge in [-0.1, -0.05) is 60.2 Å². The van der Waals surface area contributed by atoms with Crippen LogP contribution in [-0.4, -0.2) is 31.7 Å². The monoisotopic (exact) mass is 481 g/mol. The summed E-state index contributed by atoms with van der Waals surface area (Å²) in [7, 11) is 0. The summed E-state index contributed by atoms with van der Waals surface area (Å²) in [5, 5.41) is 11.7. The molecule has 0 saturated heterocycles. The van der Waals surface area contributed by atoms with E-state index in [1.54, 1.807) is 24.2 Å². The third-order valence-electron chi connectivity index (χ3n) is 6.03. The number of aryl methyl sites for hydroxylation is 2. The summed E-state index contributed by atoms with van der Waals surface area (Å²) in [5.41, 5.74) is 4.19. The average Bonchev–Trinajstić information content (AvgIpc) is 3.38. The van der Waals surface area contributed by atoms with Crippen molar-refractivity contribution in [3.63, 3.8) is 0 Å². The Morgan fingerprint density at radius 1 is 1.03 bits per heavy atom. The van der Waals surface area contributed by atoms with Gasteiger partial charge in [-0.2, -0.15) is 0 Å². The number of rotatable bonds is 6. The van der Waals surface area contributed by atoms with E-state index in [-0.39, 0.29) is 17.9 Å². The maximum atomic E-state index is 13.9. The molecule has 0 bridgehead atoms. The predicted molar refractivity (Wildman–Crippen MR) is 135 cm³/mol. The van der Waals surface area contributed by atoms with Gasteiger partial charge in [0.15, 0.2) is 5.76 Å². The van der Waals surface area contributed by atoms with Crippen LogP contribution in [0.1, 0.15) is 38.1 Å². The van der Waals surface area contributed by atoms with Crippen LogP contribution < -0.4 is 0 Å². The van der Waals surface area contributed by atoms with Crippen molar-refractivity contribution in [1.29, 1.82) is 0 Å². The second-order valence-electron chi connectivity index (χ2n) is 8.50. The third kappa shape index (κ3) is 4.26. The molecule has 1 N–H and O–H groups in total. The summed E-state index contributed by atoms with van der Waals surface area (Å²) in [6.45, 7) is 3.97. The van der Waals surface area contributed by atoms with Crippen LogP contribution in [0.5, 0.6) is 0 Å². The number of pyridine rings is 1. The van der Waals surface area contributed by atoms with E-state index < -0.39 is 17.7 Å². The molecule has 5 rings (SSSR count). The van der Waals surface area contributed by atoms with E-state index in [4.69, 9.17) is 0 Å². The Morgan fingerprint density at radius 2 is 1.77 bits per heavy atom. The van der Waals surface area contributed by atoms with Gasteiger partial charge in [0.1, 0.15) is 5.01 Å². The molecule has 0 aliphatic carbocycles. The van der Waals surface area contributed by atoms with Crippen molar-refractivity contribution in [3.8, 4) is 10.6 Å². The molecule has 1 aliphatic rings. The van der Waals surface area contributed by atoms with Gasteiger partial charge in [-0.15, -0.1) is 11.3 Å². The number of Topliss-reactive ketones (excluding diaryl/α,β-unsaturated/α-hetero) is 1. The fraction of sp³-hybridized carbons (Fsp3) is 0.143. The molecule has 2 aromatic carbocycles. The molecule has 4 aromatic rings. The molecular weight excluding hydrogens is 458 g/mol. The lowest BCUT2D eigenvalue weighted by atomic mass is 9.94. The quantitative estimate of drug-likeness (QED) is 0.363. The number of thiazole rings is 1. The molecule has 3 heterocycles. The summed E-state index contributed by atoms with van der Waals surface area (Å²) >= 11 is 1.27. The molecule has 0 saturated carbocycles. The zero-order valence-electron chi connectivity index (χ0n) is 19.3. The standard InChI is InChI=1S/C28H23N3O3S/c1-17-7-6-10-21(15-17)23-22(25(33)28(34)31(23)16-19-11-13-29-14-12-19)24(32)26-18(2)30-27(35-26)20-8-4-3-5-9-20/h3-15,23,33H,16H2,1-2H3. The van der Waals surface area contributed by atoms with Gasteiger partial charge < -0.3 is 10.0 Å². The Kier molecular flexibility index (Phi) is 6.01. The first-order chi connectivity index (χ1) is 16.9. The maximum Gasteiger partial charge on any atom is 0.290 e. The summed E-state index contributed by atoms with van der Waals surface area (Å²) in [5.74, 6) is -1.46. The Hall–Kier alpha value is -4.10. The number of hydrogen-bond donors (Lipinski definition) is 1. The van der Waals surface area contributed by atoms with E-state index in [1.807, 2.05) is 73.7 Å². The van der Waals surface area contributed by atoms with Crippen molar-refractivity contribution in [2.75, 3.05) is 0 Å². The second-order valence-corrected chi connectivity index (χ2v) is 9.50. The highest BCUT2D eigenvalue weighted by molar-refractivity contribution is 7.17. The van der Waals surface area contributed by atoms with Crippen LogP contribution in [0.4, 0.5) is 0 Å². The number of aliphatic hydroxyl groups is 1. The number of carbonyl (C=O) groups excluding carboxylic acids is 2. The van der Waals surface area contributed by atoms with Gasteiger partial charge >= 0.3 is 0 Å². The van der Waals surface area contributed by atoms with Crippen LogP contribution in [0.3, 0.4) is 0 Å². The first kappa shape index (κ1) is 22.7. The SMILES string of the molecule is Cc1cccc(C2C(C(=O)c3sc(-c4ccccc4)nc3C)=C(O)C(=O)N2Cc2ccncc2)c1. The molecule has 7 heteroatoms. The Balaban J connectivity index is 1.59. The number of ketones is 1. The first-order valence-corrected chi connectivity index (χ1v) is 12.0. The topological polar surface area (TPSA) is 83.4 Å². The van der Waals surface area contributed by atoms with E-state index in [0.717, 1.165) is 27.3 Å². The smallest absolute Gasteiger partial charge is 0.290 e. The number of hydrogen-bond acceptors (Lipinski definition) is 6. The highest BCUT2D eigenvalue weighted by Crippen LogP contribution is 2.41. The van der Waals surface area contributed by atoms with Crippen molar-refractivity contribution < 1.29 is 14.7 Å². The molecule has 1 aliphatic heterocycles. The zero-order valence-corrected chi connectivity index (χ0v) is 20.1. The first-order valence-electron chi connectivity index (χ1n) is 11.2. The molecule has 1 unspecified atom stereocenters.